The van der Waals surface area contributed by atoms with Crippen molar-refractivity contribution in [3.63, 3.8) is 0 Å². The zero-order valence-corrected chi connectivity index (χ0v) is 17.2. The summed E-state index contributed by atoms with van der Waals surface area (Å²) >= 11 is 8.14. The summed E-state index contributed by atoms with van der Waals surface area (Å²) in [7, 11) is 0. The Morgan fingerprint density at radius 2 is 1.41 bits per heavy atom. The van der Waals surface area contributed by atoms with Crippen molar-refractivity contribution in [3.8, 4) is 11.5 Å². The van der Waals surface area contributed by atoms with E-state index < -0.39 is 0 Å². The van der Waals surface area contributed by atoms with Crippen LogP contribution in [0.3, 0.4) is 0 Å². The van der Waals surface area contributed by atoms with E-state index in [9.17, 15) is 9.59 Å². The Balaban J connectivity index is 1.40. The molecule has 0 unspecified atom stereocenters. The van der Waals surface area contributed by atoms with Crippen molar-refractivity contribution < 1.29 is 19.1 Å². The number of carbonyl (C=O) groups is 2. The number of carbonyl (C=O) groups excluding carboxylic acids is 2. The Labute approximate surface area is 175 Å². The van der Waals surface area contributed by atoms with Gasteiger partial charge in [-0.05, 0) is 59.0 Å². The topological polar surface area (TPSA) is 59.1 Å². The molecular formula is C19H16ClIN2O4. The molecule has 0 radical (unpaired) electrons. The fourth-order valence-electron chi connectivity index (χ4n) is 3.14. The highest BCUT2D eigenvalue weighted by Gasteiger charge is 2.26. The van der Waals surface area contributed by atoms with E-state index in [1.54, 1.807) is 46.2 Å². The molecule has 2 amide bonds. The van der Waals surface area contributed by atoms with Crippen molar-refractivity contribution in [1.29, 1.82) is 0 Å². The predicted molar refractivity (Wildman–Crippen MR) is 109 cm³/mol. The van der Waals surface area contributed by atoms with Crippen molar-refractivity contribution in [2.24, 2.45) is 0 Å². The van der Waals surface area contributed by atoms with E-state index >= 15 is 0 Å². The number of hydrogen-bond acceptors (Lipinski definition) is 4. The van der Waals surface area contributed by atoms with Crippen molar-refractivity contribution in [2.45, 2.75) is 0 Å². The molecule has 2 heterocycles. The first-order valence-corrected chi connectivity index (χ1v) is 9.92. The van der Waals surface area contributed by atoms with Crippen LogP contribution >= 0.6 is 34.2 Å². The van der Waals surface area contributed by atoms with Gasteiger partial charge in [-0.3, -0.25) is 9.59 Å². The lowest BCUT2D eigenvalue weighted by atomic mass is 10.1. The van der Waals surface area contributed by atoms with Gasteiger partial charge in [-0.1, -0.05) is 11.6 Å². The maximum absolute atomic E-state index is 12.7. The van der Waals surface area contributed by atoms with Crippen molar-refractivity contribution in [3.05, 3.63) is 56.1 Å². The zero-order valence-electron chi connectivity index (χ0n) is 14.3. The average Bonchev–Trinajstić information content (AvgIpc) is 3.17. The van der Waals surface area contributed by atoms with Gasteiger partial charge in [-0.25, -0.2) is 0 Å². The second-order valence-electron chi connectivity index (χ2n) is 6.28. The molecule has 2 aliphatic rings. The van der Waals surface area contributed by atoms with Gasteiger partial charge >= 0.3 is 0 Å². The highest BCUT2D eigenvalue weighted by molar-refractivity contribution is 14.1. The molecule has 2 aromatic rings. The summed E-state index contributed by atoms with van der Waals surface area (Å²) in [6, 6.07) is 10.4. The van der Waals surface area contributed by atoms with Gasteiger partial charge in [0.2, 0.25) is 6.79 Å². The molecular weight excluding hydrogens is 483 g/mol. The van der Waals surface area contributed by atoms with E-state index in [4.69, 9.17) is 21.1 Å². The standard InChI is InChI=1S/C19H16ClIN2O4/c20-14-3-1-12(9-15(14)21)18(24)22-5-7-23(8-6-22)19(25)13-2-4-16-17(10-13)27-11-26-16/h1-4,9-10H,5-8,11H2. The van der Waals surface area contributed by atoms with Gasteiger partial charge in [0.15, 0.2) is 11.5 Å². The lowest BCUT2D eigenvalue weighted by Gasteiger charge is -2.35. The molecule has 0 saturated carbocycles. The number of amides is 2. The predicted octanol–water partition coefficient (Wildman–Crippen LogP) is 3.27. The summed E-state index contributed by atoms with van der Waals surface area (Å²) < 4.78 is 11.5. The number of piperazine rings is 1. The van der Waals surface area contributed by atoms with Crippen LogP contribution in [-0.2, 0) is 0 Å². The molecule has 6 nitrogen and oxygen atoms in total. The Hall–Kier alpha value is -2.00. The molecule has 0 aliphatic carbocycles. The first-order valence-electron chi connectivity index (χ1n) is 8.46. The van der Waals surface area contributed by atoms with Crippen LogP contribution < -0.4 is 9.47 Å². The Kier molecular flexibility index (Phi) is 5.14. The smallest absolute Gasteiger partial charge is 0.254 e. The van der Waals surface area contributed by atoms with Crippen LogP contribution in [0.25, 0.3) is 0 Å². The maximum Gasteiger partial charge on any atom is 0.254 e. The van der Waals surface area contributed by atoms with Gasteiger partial charge < -0.3 is 19.3 Å². The second-order valence-corrected chi connectivity index (χ2v) is 7.85. The molecule has 0 N–H and O–H groups in total. The summed E-state index contributed by atoms with van der Waals surface area (Å²) in [5.41, 5.74) is 1.17. The van der Waals surface area contributed by atoms with Crippen LogP contribution in [0.2, 0.25) is 5.02 Å². The fraction of sp³-hybridized carbons (Fsp3) is 0.263. The van der Waals surface area contributed by atoms with Gasteiger partial charge in [0.25, 0.3) is 11.8 Å². The summed E-state index contributed by atoms with van der Waals surface area (Å²) in [5, 5.41) is 0.631. The molecule has 4 rings (SSSR count). The molecule has 2 aliphatic heterocycles. The number of benzene rings is 2. The van der Waals surface area contributed by atoms with Crippen LogP contribution in [0.1, 0.15) is 20.7 Å². The fourth-order valence-corrected chi connectivity index (χ4v) is 3.77. The highest BCUT2D eigenvalue weighted by atomic mass is 127. The van der Waals surface area contributed by atoms with E-state index in [1.807, 2.05) is 0 Å². The van der Waals surface area contributed by atoms with E-state index in [0.29, 0.717) is 53.8 Å². The van der Waals surface area contributed by atoms with Crippen LogP contribution in [0.5, 0.6) is 11.5 Å². The van der Waals surface area contributed by atoms with E-state index in [-0.39, 0.29) is 18.6 Å². The van der Waals surface area contributed by atoms with Crippen molar-refractivity contribution >= 4 is 46.0 Å². The molecule has 8 heteroatoms. The van der Waals surface area contributed by atoms with Crippen LogP contribution in [0, 0.1) is 3.57 Å². The summed E-state index contributed by atoms with van der Waals surface area (Å²) in [6.07, 6.45) is 0. The minimum absolute atomic E-state index is 0.0419. The molecule has 2 aromatic carbocycles. The average molecular weight is 499 g/mol. The molecule has 1 saturated heterocycles. The lowest BCUT2D eigenvalue weighted by molar-refractivity contribution is 0.0535. The normalized spacial score (nSPS) is 15.8. The van der Waals surface area contributed by atoms with Crippen molar-refractivity contribution in [2.75, 3.05) is 33.0 Å². The second kappa shape index (κ2) is 7.55. The van der Waals surface area contributed by atoms with Crippen molar-refractivity contribution in [1.82, 2.24) is 9.80 Å². The molecule has 0 bridgehead atoms. The first kappa shape index (κ1) is 18.4. The third-order valence-corrected chi connectivity index (χ3v) is 6.18. The number of fused-ring (bicyclic) bond motifs is 1. The molecule has 140 valence electrons. The monoisotopic (exact) mass is 498 g/mol. The molecule has 0 atom stereocenters. The Morgan fingerprint density at radius 1 is 0.852 bits per heavy atom. The number of rotatable bonds is 2. The van der Waals surface area contributed by atoms with Gasteiger partial charge in [-0.15, -0.1) is 0 Å². The van der Waals surface area contributed by atoms with Crippen LogP contribution in [0.15, 0.2) is 36.4 Å². The minimum Gasteiger partial charge on any atom is -0.454 e. The molecule has 1 fully saturated rings. The number of hydrogen-bond donors (Lipinski definition) is 0. The minimum atomic E-state index is -0.0681. The van der Waals surface area contributed by atoms with Crippen LogP contribution in [0.4, 0.5) is 0 Å². The van der Waals surface area contributed by atoms with Gasteiger partial charge in [0.05, 0.1) is 5.02 Å². The third-order valence-electron chi connectivity index (χ3n) is 4.64. The van der Waals surface area contributed by atoms with E-state index in [1.165, 1.54) is 0 Å². The van der Waals surface area contributed by atoms with E-state index in [2.05, 4.69) is 22.6 Å². The van der Waals surface area contributed by atoms with Gasteiger partial charge in [0.1, 0.15) is 0 Å². The first-order chi connectivity index (χ1) is 13.0. The summed E-state index contributed by atoms with van der Waals surface area (Å²) in [4.78, 5) is 28.9. The molecule has 27 heavy (non-hydrogen) atoms. The van der Waals surface area contributed by atoms with E-state index in [0.717, 1.165) is 3.57 Å². The Morgan fingerprint density at radius 3 is 2.04 bits per heavy atom. The zero-order chi connectivity index (χ0) is 19.0. The number of halogens is 2. The summed E-state index contributed by atoms with van der Waals surface area (Å²) in [5.74, 6) is 1.13. The third kappa shape index (κ3) is 3.70. The number of nitrogens with zero attached hydrogens (tertiary/aromatic N) is 2. The molecule has 0 aromatic heterocycles. The largest absolute Gasteiger partial charge is 0.454 e. The quantitative estimate of drug-likeness (QED) is 0.597. The van der Waals surface area contributed by atoms with Gasteiger partial charge in [-0.2, -0.15) is 0 Å². The maximum atomic E-state index is 12.7. The number of ether oxygens (including phenoxy) is 2. The van der Waals surface area contributed by atoms with Gasteiger partial charge in [0, 0.05) is 40.9 Å². The van der Waals surface area contributed by atoms with Crippen LogP contribution in [-0.4, -0.2) is 54.6 Å². The highest BCUT2D eigenvalue weighted by Crippen LogP contribution is 2.33. The molecule has 0 spiro atoms. The SMILES string of the molecule is O=C(c1ccc(Cl)c(I)c1)N1CCN(C(=O)c2ccc3c(c2)OCO3)CC1. The summed E-state index contributed by atoms with van der Waals surface area (Å²) in [6.45, 7) is 2.15. The Bertz CT molecular complexity index is 913. The lowest BCUT2D eigenvalue weighted by Crippen LogP contribution is -2.50.